The number of benzene rings is 1. The first kappa shape index (κ1) is 14.1. The molecule has 0 bridgehead atoms. The number of allylic oxidation sites excluding steroid dienone is 1. The van der Waals surface area contributed by atoms with Gasteiger partial charge in [-0.05, 0) is 24.6 Å². The summed E-state index contributed by atoms with van der Waals surface area (Å²) in [5.41, 5.74) is 8.12. The van der Waals surface area contributed by atoms with Crippen LogP contribution in [0.15, 0.2) is 36.0 Å². The van der Waals surface area contributed by atoms with E-state index >= 15 is 0 Å². The second-order valence-corrected chi connectivity index (χ2v) is 4.37. The van der Waals surface area contributed by atoms with Gasteiger partial charge in [0.15, 0.2) is 0 Å². The van der Waals surface area contributed by atoms with Crippen LogP contribution in [-0.4, -0.2) is 26.7 Å². The van der Waals surface area contributed by atoms with E-state index in [1.54, 1.807) is 6.92 Å². The van der Waals surface area contributed by atoms with Gasteiger partial charge < -0.3 is 15.4 Å². The summed E-state index contributed by atoms with van der Waals surface area (Å²) in [5, 5.41) is 0. The highest BCUT2D eigenvalue weighted by Gasteiger charge is 2.00. The number of nitrogens with two attached hydrogens (primary N) is 1. The monoisotopic (exact) mass is 248 g/mol. The molecule has 1 rings (SSSR count). The average Bonchev–Trinajstić information content (AvgIpc) is 2.28. The van der Waals surface area contributed by atoms with Crippen LogP contribution in [0.1, 0.15) is 12.5 Å². The van der Waals surface area contributed by atoms with E-state index in [-0.39, 0.29) is 5.97 Å². The fourth-order valence-corrected chi connectivity index (χ4v) is 1.46. The number of ether oxygens (including phenoxy) is 1. The number of hydrogen-bond acceptors (Lipinski definition) is 4. The van der Waals surface area contributed by atoms with Gasteiger partial charge in [-0.2, -0.15) is 0 Å². The molecule has 4 nitrogen and oxygen atoms in total. The number of rotatable bonds is 5. The van der Waals surface area contributed by atoms with Gasteiger partial charge in [0.25, 0.3) is 0 Å². The molecular weight excluding hydrogens is 228 g/mol. The summed E-state index contributed by atoms with van der Waals surface area (Å²) in [6, 6.07) is 8.16. The summed E-state index contributed by atoms with van der Waals surface area (Å²) in [7, 11) is 4.00. The van der Waals surface area contributed by atoms with Gasteiger partial charge in [0.1, 0.15) is 0 Å². The molecule has 0 aromatic heterocycles. The molecule has 0 atom stereocenters. The van der Waals surface area contributed by atoms with Crippen LogP contribution >= 0.6 is 0 Å². The number of nitrogens with zero attached hydrogens (tertiary/aromatic N) is 1. The first-order chi connectivity index (χ1) is 8.49. The van der Waals surface area contributed by atoms with Crippen LogP contribution in [0.25, 0.3) is 0 Å². The fourth-order valence-electron chi connectivity index (χ4n) is 1.46. The zero-order chi connectivity index (χ0) is 13.5. The average molecular weight is 248 g/mol. The molecule has 4 heteroatoms. The topological polar surface area (TPSA) is 55.6 Å². The van der Waals surface area contributed by atoms with Crippen LogP contribution in [-0.2, 0) is 16.0 Å². The predicted molar refractivity (Wildman–Crippen MR) is 73.4 cm³/mol. The largest absolute Gasteiger partial charge is 0.462 e. The number of carbonyl (C=O) groups excluding carboxylic acids is 1. The van der Waals surface area contributed by atoms with E-state index in [9.17, 15) is 4.79 Å². The number of carbonyl (C=O) groups is 1. The summed E-state index contributed by atoms with van der Waals surface area (Å²) < 4.78 is 5.03. The van der Waals surface area contributed by atoms with Crippen LogP contribution in [0, 0.1) is 0 Å². The van der Waals surface area contributed by atoms with Crippen molar-refractivity contribution in [2.45, 2.75) is 13.3 Å². The van der Waals surface area contributed by atoms with Crippen molar-refractivity contribution in [3.63, 3.8) is 0 Å². The first-order valence-corrected chi connectivity index (χ1v) is 5.86. The Morgan fingerprint density at radius 2 is 1.94 bits per heavy atom. The van der Waals surface area contributed by atoms with Crippen molar-refractivity contribution < 1.29 is 9.53 Å². The van der Waals surface area contributed by atoms with Gasteiger partial charge in [-0.1, -0.05) is 12.1 Å². The number of anilines is 1. The van der Waals surface area contributed by atoms with Crippen molar-refractivity contribution in [1.29, 1.82) is 0 Å². The van der Waals surface area contributed by atoms with Crippen LogP contribution in [0.4, 0.5) is 5.69 Å². The van der Waals surface area contributed by atoms with Crippen molar-refractivity contribution in [2.24, 2.45) is 5.73 Å². The van der Waals surface area contributed by atoms with E-state index in [1.165, 1.54) is 6.08 Å². The zero-order valence-corrected chi connectivity index (χ0v) is 11.1. The Kier molecular flexibility index (Phi) is 5.24. The third-order valence-corrected chi connectivity index (χ3v) is 2.43. The molecule has 1 aromatic rings. The van der Waals surface area contributed by atoms with Crippen molar-refractivity contribution >= 4 is 11.7 Å². The van der Waals surface area contributed by atoms with Gasteiger partial charge in [-0.3, -0.25) is 0 Å². The van der Waals surface area contributed by atoms with Gasteiger partial charge in [-0.25, -0.2) is 4.79 Å². The van der Waals surface area contributed by atoms with Crippen LogP contribution in [0.3, 0.4) is 0 Å². The van der Waals surface area contributed by atoms with Gasteiger partial charge >= 0.3 is 5.97 Å². The molecule has 98 valence electrons. The maximum atomic E-state index is 11.2. The fraction of sp³-hybridized carbons (Fsp3) is 0.357. The van der Waals surface area contributed by atoms with Crippen molar-refractivity contribution in [3.8, 4) is 0 Å². The van der Waals surface area contributed by atoms with Crippen LogP contribution in [0.5, 0.6) is 0 Å². The standard InChI is InChI=1S/C14H20N2O2/c1-11(15)10-14(17)18-9-8-12-4-6-13(7-5-12)16(2)3/h4-7,10H,8-9,15H2,1-3H3/b11-10-. The minimum absolute atomic E-state index is 0.365. The molecule has 0 heterocycles. The smallest absolute Gasteiger partial charge is 0.332 e. The molecule has 0 amide bonds. The van der Waals surface area contributed by atoms with Crippen molar-refractivity contribution in [3.05, 3.63) is 41.6 Å². The van der Waals surface area contributed by atoms with E-state index in [4.69, 9.17) is 10.5 Å². The maximum absolute atomic E-state index is 11.2. The highest BCUT2D eigenvalue weighted by atomic mass is 16.5. The SMILES string of the molecule is C/C(N)=C/C(=O)OCCc1ccc(N(C)C)cc1. The van der Waals surface area contributed by atoms with Gasteiger partial charge in [-0.15, -0.1) is 0 Å². The number of hydrogen-bond donors (Lipinski definition) is 1. The second kappa shape index (κ2) is 6.69. The van der Waals surface area contributed by atoms with Gasteiger partial charge in [0.2, 0.25) is 0 Å². The van der Waals surface area contributed by atoms with E-state index < -0.39 is 0 Å². The van der Waals surface area contributed by atoms with E-state index in [2.05, 4.69) is 0 Å². The Morgan fingerprint density at radius 3 is 2.44 bits per heavy atom. The third kappa shape index (κ3) is 4.91. The predicted octanol–water partition coefficient (Wildman–Crippen LogP) is 1.70. The zero-order valence-electron chi connectivity index (χ0n) is 11.1. The molecule has 0 fully saturated rings. The van der Waals surface area contributed by atoms with Gasteiger partial charge in [0, 0.05) is 38.0 Å². The molecule has 0 saturated carbocycles. The molecule has 1 aromatic carbocycles. The Balaban J connectivity index is 2.40. The van der Waals surface area contributed by atoms with E-state index in [0.29, 0.717) is 18.7 Å². The van der Waals surface area contributed by atoms with E-state index in [1.807, 2.05) is 43.3 Å². The molecule has 0 aliphatic rings. The Morgan fingerprint density at radius 1 is 1.33 bits per heavy atom. The summed E-state index contributed by atoms with van der Waals surface area (Å²) in [4.78, 5) is 13.2. The maximum Gasteiger partial charge on any atom is 0.332 e. The molecule has 0 radical (unpaired) electrons. The first-order valence-electron chi connectivity index (χ1n) is 5.86. The number of esters is 1. The lowest BCUT2D eigenvalue weighted by atomic mass is 10.1. The van der Waals surface area contributed by atoms with Crippen LogP contribution < -0.4 is 10.6 Å². The summed E-state index contributed by atoms with van der Waals surface area (Å²) in [6.07, 6.45) is 1.99. The molecule has 0 aliphatic heterocycles. The summed E-state index contributed by atoms with van der Waals surface area (Å²) >= 11 is 0. The van der Waals surface area contributed by atoms with E-state index in [0.717, 1.165) is 11.3 Å². The lowest BCUT2D eigenvalue weighted by molar-refractivity contribution is -0.137. The lowest BCUT2D eigenvalue weighted by Gasteiger charge is -2.12. The highest BCUT2D eigenvalue weighted by Crippen LogP contribution is 2.12. The molecule has 0 aliphatic carbocycles. The molecule has 2 N–H and O–H groups in total. The minimum Gasteiger partial charge on any atom is -0.462 e. The molecule has 0 spiro atoms. The lowest BCUT2D eigenvalue weighted by Crippen LogP contribution is -2.09. The van der Waals surface area contributed by atoms with Crippen molar-refractivity contribution in [1.82, 2.24) is 0 Å². The molecule has 0 saturated heterocycles. The summed E-state index contributed by atoms with van der Waals surface area (Å²) in [6.45, 7) is 2.02. The molecule has 18 heavy (non-hydrogen) atoms. The Labute approximate surface area is 108 Å². The molecule has 0 unspecified atom stereocenters. The Hall–Kier alpha value is -1.97. The quantitative estimate of drug-likeness (QED) is 0.636. The van der Waals surface area contributed by atoms with Crippen molar-refractivity contribution in [2.75, 3.05) is 25.6 Å². The summed E-state index contributed by atoms with van der Waals surface area (Å²) in [5.74, 6) is -0.389. The van der Waals surface area contributed by atoms with Gasteiger partial charge in [0.05, 0.1) is 6.61 Å². The second-order valence-electron chi connectivity index (χ2n) is 4.37. The normalized spacial score (nSPS) is 11.2. The molecular formula is C14H20N2O2. The minimum atomic E-state index is -0.389. The highest BCUT2D eigenvalue weighted by molar-refractivity contribution is 5.82. The van der Waals surface area contributed by atoms with Crippen LogP contribution in [0.2, 0.25) is 0 Å². The Bertz CT molecular complexity index is 418. The third-order valence-electron chi connectivity index (χ3n) is 2.43.